The molecule has 0 saturated carbocycles. The van der Waals surface area contributed by atoms with Crippen molar-refractivity contribution in [2.45, 2.75) is 60.8 Å². The minimum absolute atomic E-state index is 0. The van der Waals surface area contributed by atoms with Gasteiger partial charge in [0.05, 0.1) is 0 Å². The van der Waals surface area contributed by atoms with E-state index in [1.807, 2.05) is 26.2 Å². The minimum Gasteiger partial charge on any atom is -0.264 e. The average Bonchev–Trinajstić information content (AvgIpc) is 2.20. The van der Waals surface area contributed by atoms with Gasteiger partial charge >= 0.3 is 0 Å². The molecule has 0 aromatic carbocycles. The molecule has 15 heavy (non-hydrogen) atoms. The highest BCUT2D eigenvalue weighted by Crippen LogP contribution is 2.24. The Morgan fingerprint density at radius 3 is 1.73 bits per heavy atom. The molecule has 0 atom stereocenters. The minimum atomic E-state index is 0. The maximum Gasteiger partial charge on any atom is 0.0305 e. The monoisotopic (exact) mass is 209 g/mol. The molecule has 0 unspecified atom stereocenters. The Bertz CT molecular complexity index is 224. The summed E-state index contributed by atoms with van der Waals surface area (Å²) in [5.74, 6) is 1.18. The molecule has 1 heteroatoms. The van der Waals surface area contributed by atoms with Crippen LogP contribution in [0.3, 0.4) is 0 Å². The van der Waals surface area contributed by atoms with Crippen molar-refractivity contribution in [3.05, 3.63) is 29.6 Å². The molecule has 0 amide bonds. The molecule has 0 aliphatic heterocycles. The Balaban J connectivity index is 0. The smallest absolute Gasteiger partial charge is 0.0305 e. The third-order valence-electron chi connectivity index (χ3n) is 2.13. The van der Waals surface area contributed by atoms with Gasteiger partial charge in [0.1, 0.15) is 0 Å². The van der Waals surface area contributed by atoms with Gasteiger partial charge in [0.2, 0.25) is 0 Å². The number of nitrogens with zero attached hydrogens (tertiary/aromatic N) is 1. The lowest BCUT2D eigenvalue weighted by atomic mass is 9.93. The number of aromatic nitrogens is 1. The lowest BCUT2D eigenvalue weighted by Crippen LogP contribution is -1.98. The molecule has 1 aromatic heterocycles. The summed E-state index contributed by atoms with van der Waals surface area (Å²) in [6.45, 7) is 12.9. The van der Waals surface area contributed by atoms with Gasteiger partial charge in [-0.15, -0.1) is 0 Å². The predicted molar refractivity (Wildman–Crippen MR) is 70.5 cm³/mol. The Hall–Kier alpha value is -0.850. The third-order valence-corrected chi connectivity index (χ3v) is 2.13. The fourth-order valence-electron chi connectivity index (χ4n) is 1.43. The molecule has 1 aromatic rings. The molecule has 88 valence electrons. The van der Waals surface area contributed by atoms with Crippen molar-refractivity contribution in [1.82, 2.24) is 4.98 Å². The van der Waals surface area contributed by atoms with Gasteiger partial charge in [-0.3, -0.25) is 4.98 Å². The zero-order chi connectivity index (χ0) is 11.1. The molecule has 0 aliphatic rings. The molecule has 1 nitrogen and oxygen atoms in total. The van der Waals surface area contributed by atoms with E-state index in [1.165, 1.54) is 11.1 Å². The molecule has 0 radical (unpaired) electrons. The first-order chi connectivity index (χ1) is 6.63. The molecule has 0 N–H and O–H groups in total. The summed E-state index contributed by atoms with van der Waals surface area (Å²) in [4.78, 5) is 4.15. The van der Waals surface area contributed by atoms with Crippen molar-refractivity contribution in [1.29, 1.82) is 0 Å². The first-order valence-electron chi connectivity index (χ1n) is 5.56. The predicted octanol–water partition coefficient (Wildman–Crippen LogP) is 4.99. The Kier molecular flexibility index (Phi) is 9.35. The summed E-state index contributed by atoms with van der Waals surface area (Å²) in [5, 5.41) is 0. The fourth-order valence-corrected chi connectivity index (χ4v) is 1.43. The Morgan fingerprint density at radius 1 is 0.933 bits per heavy atom. The molecule has 0 spiro atoms. The van der Waals surface area contributed by atoms with Crippen LogP contribution < -0.4 is 0 Å². The van der Waals surface area contributed by atoms with Crippen LogP contribution in [0.2, 0.25) is 0 Å². The van der Waals surface area contributed by atoms with E-state index < -0.39 is 0 Å². The second-order valence-corrected chi connectivity index (χ2v) is 3.81. The second kappa shape index (κ2) is 8.46. The highest BCUT2D eigenvalue weighted by Gasteiger charge is 2.08. The zero-order valence-electron chi connectivity index (χ0n) is 10.3. The van der Waals surface area contributed by atoms with Crippen molar-refractivity contribution in [2.75, 3.05) is 0 Å². The van der Waals surface area contributed by atoms with Gasteiger partial charge in [0.15, 0.2) is 0 Å². The molecule has 0 fully saturated rings. The van der Waals surface area contributed by atoms with Gasteiger partial charge in [-0.05, 0) is 29.0 Å². The Labute approximate surface area is 95.9 Å². The van der Waals surface area contributed by atoms with Gasteiger partial charge in [-0.2, -0.15) is 0 Å². The SMILES string of the molecule is C.CC.CC(C)c1ccncc1C(C)C. The van der Waals surface area contributed by atoms with Crippen LogP contribution in [0.5, 0.6) is 0 Å². The number of rotatable bonds is 2. The van der Waals surface area contributed by atoms with E-state index in [9.17, 15) is 0 Å². The molecule has 1 heterocycles. The average molecular weight is 209 g/mol. The van der Waals surface area contributed by atoms with E-state index in [2.05, 4.69) is 38.7 Å². The normalized spacial score (nSPS) is 9.33. The molecule has 0 bridgehead atoms. The van der Waals surface area contributed by atoms with Gasteiger partial charge in [-0.25, -0.2) is 0 Å². The maximum absolute atomic E-state index is 4.15. The summed E-state index contributed by atoms with van der Waals surface area (Å²) in [6.07, 6.45) is 3.86. The largest absolute Gasteiger partial charge is 0.264 e. The third kappa shape index (κ3) is 4.96. The van der Waals surface area contributed by atoms with Gasteiger partial charge in [0.25, 0.3) is 0 Å². The molecular weight excluding hydrogens is 182 g/mol. The van der Waals surface area contributed by atoms with E-state index in [4.69, 9.17) is 0 Å². The highest BCUT2D eigenvalue weighted by atomic mass is 14.6. The summed E-state index contributed by atoms with van der Waals surface area (Å²) in [5.41, 5.74) is 2.81. The summed E-state index contributed by atoms with van der Waals surface area (Å²) in [7, 11) is 0. The number of hydrogen-bond donors (Lipinski definition) is 0. The lowest BCUT2D eigenvalue weighted by Gasteiger charge is -2.14. The van der Waals surface area contributed by atoms with Gasteiger partial charge in [-0.1, -0.05) is 49.0 Å². The van der Waals surface area contributed by atoms with E-state index >= 15 is 0 Å². The van der Waals surface area contributed by atoms with E-state index in [0.717, 1.165) is 0 Å². The van der Waals surface area contributed by atoms with Crippen LogP contribution in [-0.4, -0.2) is 4.98 Å². The van der Waals surface area contributed by atoms with Gasteiger partial charge in [0, 0.05) is 12.4 Å². The standard InChI is InChI=1S/C11H17N.C2H6.CH4/c1-8(2)10-5-6-12-7-11(10)9(3)4;1-2;/h5-9H,1-4H3;1-2H3;1H4. The quantitative estimate of drug-likeness (QED) is 0.668. The molecular formula is C14H27N. The number of hydrogen-bond acceptors (Lipinski definition) is 1. The van der Waals surface area contributed by atoms with Crippen LogP contribution in [0.1, 0.15) is 71.9 Å². The van der Waals surface area contributed by atoms with Crippen LogP contribution >= 0.6 is 0 Å². The lowest BCUT2D eigenvalue weighted by molar-refractivity contribution is 0.783. The van der Waals surface area contributed by atoms with Crippen molar-refractivity contribution in [3.63, 3.8) is 0 Å². The molecule has 0 saturated heterocycles. The van der Waals surface area contributed by atoms with Crippen molar-refractivity contribution < 1.29 is 0 Å². The van der Waals surface area contributed by atoms with Crippen LogP contribution in [0.4, 0.5) is 0 Å². The van der Waals surface area contributed by atoms with Gasteiger partial charge < -0.3 is 0 Å². The van der Waals surface area contributed by atoms with E-state index in [1.54, 1.807) is 0 Å². The van der Waals surface area contributed by atoms with Crippen molar-refractivity contribution in [3.8, 4) is 0 Å². The maximum atomic E-state index is 4.15. The number of pyridine rings is 1. The summed E-state index contributed by atoms with van der Waals surface area (Å²) in [6, 6.07) is 2.12. The van der Waals surface area contributed by atoms with Crippen molar-refractivity contribution >= 4 is 0 Å². The zero-order valence-corrected chi connectivity index (χ0v) is 10.3. The highest BCUT2D eigenvalue weighted by molar-refractivity contribution is 5.28. The van der Waals surface area contributed by atoms with Crippen LogP contribution in [0.15, 0.2) is 18.5 Å². The summed E-state index contributed by atoms with van der Waals surface area (Å²) >= 11 is 0. The first kappa shape index (κ1) is 16.6. The fraction of sp³-hybridized carbons (Fsp3) is 0.643. The van der Waals surface area contributed by atoms with Crippen LogP contribution in [-0.2, 0) is 0 Å². The molecule has 1 rings (SSSR count). The van der Waals surface area contributed by atoms with E-state index in [-0.39, 0.29) is 7.43 Å². The van der Waals surface area contributed by atoms with E-state index in [0.29, 0.717) is 11.8 Å². The van der Waals surface area contributed by atoms with Crippen LogP contribution in [0, 0.1) is 0 Å². The van der Waals surface area contributed by atoms with Crippen LogP contribution in [0.25, 0.3) is 0 Å². The first-order valence-corrected chi connectivity index (χ1v) is 5.56. The second-order valence-electron chi connectivity index (χ2n) is 3.81. The summed E-state index contributed by atoms with van der Waals surface area (Å²) < 4.78 is 0. The Morgan fingerprint density at radius 2 is 1.40 bits per heavy atom. The molecule has 0 aliphatic carbocycles. The van der Waals surface area contributed by atoms with Crippen molar-refractivity contribution in [2.24, 2.45) is 0 Å². The topological polar surface area (TPSA) is 12.9 Å².